The van der Waals surface area contributed by atoms with E-state index in [1.807, 2.05) is 18.4 Å². The Bertz CT molecular complexity index is 487. The zero-order valence-corrected chi connectivity index (χ0v) is 12.3. The summed E-state index contributed by atoms with van der Waals surface area (Å²) < 4.78 is 0. The molecular formula is C14H20N2O3S. The molecule has 0 saturated heterocycles. The number of aryl methyl sites for hydroxylation is 1. The van der Waals surface area contributed by atoms with Gasteiger partial charge in [-0.2, -0.15) is 0 Å². The van der Waals surface area contributed by atoms with Gasteiger partial charge in [0.25, 0.3) is 0 Å². The standard InChI is InChI=1S/C14H20N2O3S/c1-2-4-11(13(17)18)16-14(19)15-10-5-3-6-12-9(10)7-8-20-12/h7-8,10-11H,2-6H2,1H3,(H,17,18)(H2,15,16,19). The third kappa shape index (κ3) is 3.50. The van der Waals surface area contributed by atoms with Crippen molar-refractivity contribution in [3.05, 3.63) is 21.9 Å². The average molecular weight is 296 g/mol. The lowest BCUT2D eigenvalue weighted by Crippen LogP contribution is -2.47. The predicted molar refractivity (Wildman–Crippen MR) is 78.0 cm³/mol. The monoisotopic (exact) mass is 296 g/mol. The zero-order chi connectivity index (χ0) is 14.5. The van der Waals surface area contributed by atoms with E-state index in [2.05, 4.69) is 10.6 Å². The lowest BCUT2D eigenvalue weighted by Gasteiger charge is -2.24. The molecule has 2 unspecified atom stereocenters. The van der Waals surface area contributed by atoms with Gasteiger partial charge in [0, 0.05) is 4.88 Å². The van der Waals surface area contributed by atoms with Gasteiger partial charge in [-0.15, -0.1) is 11.3 Å². The molecule has 0 aromatic carbocycles. The van der Waals surface area contributed by atoms with E-state index in [4.69, 9.17) is 5.11 Å². The fraction of sp³-hybridized carbons (Fsp3) is 0.571. The highest BCUT2D eigenvalue weighted by molar-refractivity contribution is 7.10. The number of rotatable bonds is 5. The normalized spacial score (nSPS) is 18.9. The molecule has 0 saturated carbocycles. The molecule has 5 nitrogen and oxygen atoms in total. The van der Waals surface area contributed by atoms with Crippen molar-refractivity contribution in [2.45, 2.75) is 51.1 Å². The van der Waals surface area contributed by atoms with Gasteiger partial charge in [-0.3, -0.25) is 0 Å². The molecule has 6 heteroatoms. The van der Waals surface area contributed by atoms with Crippen LogP contribution in [0.1, 0.15) is 49.1 Å². The minimum Gasteiger partial charge on any atom is -0.480 e. The maximum absolute atomic E-state index is 12.0. The predicted octanol–water partition coefficient (Wildman–Crippen LogP) is 2.68. The maximum atomic E-state index is 12.0. The van der Waals surface area contributed by atoms with E-state index in [0.29, 0.717) is 6.42 Å². The van der Waals surface area contributed by atoms with Crippen LogP contribution in [0.15, 0.2) is 11.4 Å². The summed E-state index contributed by atoms with van der Waals surface area (Å²) in [4.78, 5) is 24.3. The third-order valence-corrected chi connectivity index (χ3v) is 4.53. The van der Waals surface area contributed by atoms with Crippen LogP contribution in [-0.2, 0) is 11.2 Å². The summed E-state index contributed by atoms with van der Waals surface area (Å²) in [6, 6.07) is 0.840. The summed E-state index contributed by atoms with van der Waals surface area (Å²) in [6.45, 7) is 1.90. The van der Waals surface area contributed by atoms with Gasteiger partial charge in [0.2, 0.25) is 0 Å². The molecule has 110 valence electrons. The van der Waals surface area contributed by atoms with Gasteiger partial charge in [-0.05, 0) is 42.7 Å². The highest BCUT2D eigenvalue weighted by Crippen LogP contribution is 2.33. The minimum absolute atomic E-state index is 0.000992. The van der Waals surface area contributed by atoms with E-state index >= 15 is 0 Å². The Morgan fingerprint density at radius 1 is 1.55 bits per heavy atom. The van der Waals surface area contributed by atoms with E-state index < -0.39 is 18.0 Å². The fourth-order valence-electron chi connectivity index (χ4n) is 2.54. The molecular weight excluding hydrogens is 276 g/mol. The summed E-state index contributed by atoms with van der Waals surface area (Å²) in [6.07, 6.45) is 4.19. The van der Waals surface area contributed by atoms with Crippen LogP contribution in [-0.4, -0.2) is 23.1 Å². The van der Waals surface area contributed by atoms with Crippen molar-refractivity contribution in [1.29, 1.82) is 0 Å². The number of hydrogen-bond donors (Lipinski definition) is 3. The van der Waals surface area contributed by atoms with Crippen molar-refractivity contribution in [2.75, 3.05) is 0 Å². The molecule has 1 heterocycles. The number of carbonyl (C=O) groups excluding carboxylic acids is 1. The van der Waals surface area contributed by atoms with Crippen molar-refractivity contribution in [3.63, 3.8) is 0 Å². The first-order valence-corrected chi connectivity index (χ1v) is 7.86. The second kappa shape index (κ2) is 6.74. The molecule has 0 fully saturated rings. The third-order valence-electron chi connectivity index (χ3n) is 3.54. The topological polar surface area (TPSA) is 78.4 Å². The number of carboxylic acids is 1. The van der Waals surface area contributed by atoms with Crippen molar-refractivity contribution < 1.29 is 14.7 Å². The number of carboxylic acid groups (broad SMARTS) is 1. The molecule has 2 amide bonds. The number of thiophene rings is 1. The summed E-state index contributed by atoms with van der Waals surface area (Å²) in [5, 5.41) is 16.5. The number of aliphatic carboxylic acids is 1. The molecule has 2 rings (SSSR count). The molecule has 0 aliphatic heterocycles. The summed E-state index contributed by atoms with van der Waals surface area (Å²) >= 11 is 1.72. The van der Waals surface area contributed by atoms with Crippen molar-refractivity contribution in [1.82, 2.24) is 10.6 Å². The van der Waals surface area contributed by atoms with Gasteiger partial charge in [0.1, 0.15) is 6.04 Å². The number of carbonyl (C=O) groups is 2. The Hall–Kier alpha value is -1.56. The molecule has 1 aliphatic carbocycles. The molecule has 1 aliphatic rings. The average Bonchev–Trinajstić information content (AvgIpc) is 2.87. The molecule has 1 aromatic rings. The Labute approximate surface area is 122 Å². The Balaban J connectivity index is 1.94. The summed E-state index contributed by atoms with van der Waals surface area (Å²) in [5.41, 5.74) is 1.18. The summed E-state index contributed by atoms with van der Waals surface area (Å²) in [5.74, 6) is -0.984. The molecule has 3 N–H and O–H groups in total. The molecule has 0 bridgehead atoms. The molecule has 1 aromatic heterocycles. The molecule has 0 radical (unpaired) electrons. The largest absolute Gasteiger partial charge is 0.480 e. The number of nitrogens with one attached hydrogen (secondary N) is 2. The van der Waals surface area contributed by atoms with Gasteiger partial charge in [-0.25, -0.2) is 9.59 Å². The van der Waals surface area contributed by atoms with Crippen LogP contribution in [0.4, 0.5) is 4.79 Å². The smallest absolute Gasteiger partial charge is 0.326 e. The first-order valence-electron chi connectivity index (χ1n) is 6.98. The maximum Gasteiger partial charge on any atom is 0.326 e. The van der Waals surface area contributed by atoms with Crippen molar-refractivity contribution in [2.24, 2.45) is 0 Å². The molecule has 2 atom stereocenters. The number of fused-ring (bicyclic) bond motifs is 1. The Morgan fingerprint density at radius 3 is 3.05 bits per heavy atom. The van der Waals surface area contributed by atoms with Crippen LogP contribution >= 0.6 is 11.3 Å². The van der Waals surface area contributed by atoms with Crippen LogP contribution in [0.25, 0.3) is 0 Å². The van der Waals surface area contributed by atoms with Crippen LogP contribution < -0.4 is 10.6 Å². The second-order valence-corrected chi connectivity index (χ2v) is 6.04. The lowest BCUT2D eigenvalue weighted by molar-refractivity contribution is -0.139. The van der Waals surface area contributed by atoms with Crippen LogP contribution in [0.2, 0.25) is 0 Å². The lowest BCUT2D eigenvalue weighted by atomic mass is 9.94. The van der Waals surface area contributed by atoms with Gasteiger partial charge < -0.3 is 15.7 Å². The number of hydrogen-bond acceptors (Lipinski definition) is 3. The van der Waals surface area contributed by atoms with Crippen molar-refractivity contribution in [3.8, 4) is 0 Å². The van der Waals surface area contributed by atoms with E-state index in [0.717, 1.165) is 25.7 Å². The van der Waals surface area contributed by atoms with Crippen LogP contribution in [0.5, 0.6) is 0 Å². The summed E-state index contributed by atoms with van der Waals surface area (Å²) in [7, 11) is 0. The van der Waals surface area contributed by atoms with Gasteiger partial charge in [0.05, 0.1) is 6.04 Å². The number of amides is 2. The zero-order valence-electron chi connectivity index (χ0n) is 11.5. The second-order valence-electron chi connectivity index (χ2n) is 5.04. The van der Waals surface area contributed by atoms with Gasteiger partial charge >= 0.3 is 12.0 Å². The highest BCUT2D eigenvalue weighted by atomic mass is 32.1. The van der Waals surface area contributed by atoms with Gasteiger partial charge in [0.15, 0.2) is 0 Å². The Morgan fingerprint density at radius 2 is 2.35 bits per heavy atom. The first kappa shape index (κ1) is 14.8. The highest BCUT2D eigenvalue weighted by Gasteiger charge is 2.24. The molecule has 20 heavy (non-hydrogen) atoms. The van der Waals surface area contributed by atoms with E-state index in [-0.39, 0.29) is 6.04 Å². The number of urea groups is 1. The van der Waals surface area contributed by atoms with Crippen LogP contribution in [0, 0.1) is 0 Å². The van der Waals surface area contributed by atoms with E-state index in [1.54, 1.807) is 11.3 Å². The SMILES string of the molecule is CCCC(NC(=O)NC1CCCc2sccc21)C(=O)O. The van der Waals surface area contributed by atoms with Crippen LogP contribution in [0.3, 0.4) is 0 Å². The minimum atomic E-state index is -0.984. The van der Waals surface area contributed by atoms with E-state index in [1.165, 1.54) is 10.4 Å². The Kier molecular flexibility index (Phi) is 5.00. The van der Waals surface area contributed by atoms with Gasteiger partial charge in [-0.1, -0.05) is 13.3 Å². The fourth-order valence-corrected chi connectivity index (χ4v) is 3.53. The first-order chi connectivity index (χ1) is 9.61. The molecule has 0 spiro atoms. The van der Waals surface area contributed by atoms with E-state index in [9.17, 15) is 9.59 Å². The van der Waals surface area contributed by atoms with Crippen molar-refractivity contribution >= 4 is 23.3 Å². The quantitative estimate of drug-likeness (QED) is 0.781.